The van der Waals surface area contributed by atoms with E-state index in [2.05, 4.69) is 17.4 Å². The average molecular weight is 383 g/mol. The first kappa shape index (κ1) is 20.2. The number of piperidine rings is 1. The Balaban J connectivity index is 1.36. The Morgan fingerprint density at radius 3 is 2.64 bits per heavy atom. The third-order valence-corrected chi connectivity index (χ3v) is 5.12. The number of ether oxygens (including phenoxy) is 2. The summed E-state index contributed by atoms with van der Waals surface area (Å²) in [4.78, 5) is 14.4. The molecule has 1 fully saturated rings. The van der Waals surface area contributed by atoms with Gasteiger partial charge in [0.15, 0.2) is 0 Å². The zero-order chi connectivity index (χ0) is 19.6. The number of hydrogen-bond donors (Lipinski definition) is 1. The van der Waals surface area contributed by atoms with E-state index in [1.807, 2.05) is 47.4 Å². The van der Waals surface area contributed by atoms with Crippen LogP contribution in [0.2, 0.25) is 0 Å². The van der Waals surface area contributed by atoms with Crippen LogP contribution in [-0.2, 0) is 17.8 Å². The monoisotopic (exact) mass is 382 g/mol. The van der Waals surface area contributed by atoms with Gasteiger partial charge in [-0.05, 0) is 42.5 Å². The second-order valence-corrected chi connectivity index (χ2v) is 7.29. The van der Waals surface area contributed by atoms with Crippen LogP contribution in [0.15, 0.2) is 54.6 Å². The summed E-state index contributed by atoms with van der Waals surface area (Å²) in [6, 6.07) is 18.2. The number of nitrogens with zero attached hydrogens (tertiary/aromatic N) is 1. The molecule has 1 heterocycles. The molecule has 2 amide bonds. The van der Waals surface area contributed by atoms with Crippen molar-refractivity contribution in [2.24, 2.45) is 5.92 Å². The number of likely N-dealkylation sites (tertiary alicyclic amines) is 1. The number of amides is 2. The van der Waals surface area contributed by atoms with Crippen molar-refractivity contribution in [3.8, 4) is 5.75 Å². The lowest BCUT2D eigenvalue weighted by Crippen LogP contribution is -2.46. The van der Waals surface area contributed by atoms with Crippen LogP contribution in [-0.4, -0.2) is 44.3 Å². The van der Waals surface area contributed by atoms with E-state index in [0.717, 1.165) is 38.1 Å². The molecular formula is C23H30N2O3. The minimum atomic E-state index is 0.0290. The van der Waals surface area contributed by atoms with Gasteiger partial charge in [-0.1, -0.05) is 42.5 Å². The van der Waals surface area contributed by atoms with E-state index in [1.54, 1.807) is 7.11 Å². The lowest BCUT2D eigenvalue weighted by molar-refractivity contribution is 0.0591. The first-order valence-corrected chi connectivity index (χ1v) is 10.0. The standard InChI is InChI=1S/C23H30N2O3/c1-27-22-11-9-19(10-12-22)13-14-24-23(26)25-15-5-8-21(16-25)18-28-17-20-6-3-2-4-7-20/h2-4,6-7,9-12,21H,5,8,13-18H2,1H3,(H,24,26)/t21-/m1/s1. The fourth-order valence-electron chi connectivity index (χ4n) is 3.52. The van der Waals surface area contributed by atoms with Crippen molar-refractivity contribution in [2.45, 2.75) is 25.9 Å². The van der Waals surface area contributed by atoms with Crippen molar-refractivity contribution < 1.29 is 14.3 Å². The third kappa shape index (κ3) is 6.27. The molecule has 1 N–H and O–H groups in total. The van der Waals surface area contributed by atoms with Gasteiger partial charge in [0.2, 0.25) is 0 Å². The average Bonchev–Trinajstić information content (AvgIpc) is 2.75. The number of urea groups is 1. The molecule has 2 aromatic rings. The van der Waals surface area contributed by atoms with Crippen LogP contribution >= 0.6 is 0 Å². The van der Waals surface area contributed by atoms with Gasteiger partial charge in [-0.25, -0.2) is 4.79 Å². The van der Waals surface area contributed by atoms with Crippen molar-refractivity contribution >= 4 is 6.03 Å². The van der Waals surface area contributed by atoms with E-state index >= 15 is 0 Å². The molecule has 0 unspecified atom stereocenters. The van der Waals surface area contributed by atoms with Gasteiger partial charge >= 0.3 is 6.03 Å². The summed E-state index contributed by atoms with van der Waals surface area (Å²) in [5.74, 6) is 1.26. The summed E-state index contributed by atoms with van der Waals surface area (Å²) in [6.45, 7) is 3.56. The molecule has 0 aromatic heterocycles. The summed E-state index contributed by atoms with van der Waals surface area (Å²) in [5, 5.41) is 3.05. The number of rotatable bonds is 8. The maximum Gasteiger partial charge on any atom is 0.317 e. The van der Waals surface area contributed by atoms with Crippen LogP contribution in [0.1, 0.15) is 24.0 Å². The van der Waals surface area contributed by atoms with Crippen LogP contribution in [0.5, 0.6) is 5.75 Å². The van der Waals surface area contributed by atoms with Crippen molar-refractivity contribution in [3.05, 3.63) is 65.7 Å². The fourth-order valence-corrected chi connectivity index (χ4v) is 3.52. The largest absolute Gasteiger partial charge is 0.497 e. The van der Waals surface area contributed by atoms with Gasteiger partial charge < -0.3 is 19.7 Å². The number of benzene rings is 2. The van der Waals surface area contributed by atoms with Gasteiger partial charge in [0.25, 0.3) is 0 Å². The summed E-state index contributed by atoms with van der Waals surface area (Å²) in [7, 11) is 1.66. The Morgan fingerprint density at radius 2 is 1.89 bits per heavy atom. The molecule has 5 heteroatoms. The smallest absolute Gasteiger partial charge is 0.317 e. The Labute approximate surface area is 167 Å². The number of carbonyl (C=O) groups is 1. The first-order valence-electron chi connectivity index (χ1n) is 10.0. The highest BCUT2D eigenvalue weighted by Crippen LogP contribution is 2.17. The lowest BCUT2D eigenvalue weighted by Gasteiger charge is -2.32. The highest BCUT2D eigenvalue weighted by Gasteiger charge is 2.23. The van der Waals surface area contributed by atoms with Gasteiger partial charge in [-0.2, -0.15) is 0 Å². The van der Waals surface area contributed by atoms with Crippen LogP contribution in [0.4, 0.5) is 4.79 Å². The molecule has 0 bridgehead atoms. The zero-order valence-electron chi connectivity index (χ0n) is 16.6. The Hall–Kier alpha value is -2.53. The molecule has 1 aliphatic rings. The Kier molecular flexibility index (Phi) is 7.73. The lowest BCUT2D eigenvalue weighted by atomic mass is 9.99. The minimum absolute atomic E-state index is 0.0290. The number of hydrogen-bond acceptors (Lipinski definition) is 3. The molecule has 0 saturated carbocycles. The first-order chi connectivity index (χ1) is 13.7. The maximum atomic E-state index is 12.5. The molecule has 1 aliphatic heterocycles. The van der Waals surface area contributed by atoms with Crippen LogP contribution in [0, 0.1) is 5.92 Å². The second kappa shape index (κ2) is 10.7. The summed E-state index contributed by atoms with van der Waals surface area (Å²) < 4.78 is 11.0. The fraction of sp³-hybridized carbons (Fsp3) is 0.435. The highest BCUT2D eigenvalue weighted by atomic mass is 16.5. The molecule has 0 aliphatic carbocycles. The molecule has 28 heavy (non-hydrogen) atoms. The van der Waals surface area contributed by atoms with E-state index < -0.39 is 0 Å². The molecule has 5 nitrogen and oxygen atoms in total. The predicted octanol–water partition coefficient (Wildman–Crippen LogP) is 3.88. The van der Waals surface area contributed by atoms with E-state index in [1.165, 1.54) is 11.1 Å². The Bertz CT molecular complexity index is 718. The van der Waals surface area contributed by atoms with Gasteiger partial charge in [0, 0.05) is 25.6 Å². The van der Waals surface area contributed by atoms with Crippen LogP contribution < -0.4 is 10.1 Å². The molecule has 1 atom stereocenters. The number of nitrogens with one attached hydrogen (secondary N) is 1. The molecular weight excluding hydrogens is 352 g/mol. The third-order valence-electron chi connectivity index (χ3n) is 5.12. The van der Waals surface area contributed by atoms with E-state index in [-0.39, 0.29) is 6.03 Å². The summed E-state index contributed by atoms with van der Waals surface area (Å²) in [6.07, 6.45) is 2.96. The van der Waals surface area contributed by atoms with Gasteiger partial charge in [0.05, 0.1) is 20.3 Å². The molecule has 0 spiro atoms. The molecule has 0 radical (unpaired) electrons. The van der Waals surface area contributed by atoms with Gasteiger partial charge in [0.1, 0.15) is 5.75 Å². The quantitative estimate of drug-likeness (QED) is 0.754. The van der Waals surface area contributed by atoms with Crippen molar-refractivity contribution in [2.75, 3.05) is 33.4 Å². The van der Waals surface area contributed by atoms with Crippen molar-refractivity contribution in [1.29, 1.82) is 0 Å². The molecule has 150 valence electrons. The normalized spacial score (nSPS) is 16.6. The second-order valence-electron chi connectivity index (χ2n) is 7.29. The van der Waals surface area contributed by atoms with Crippen LogP contribution in [0.3, 0.4) is 0 Å². The summed E-state index contributed by atoms with van der Waals surface area (Å²) >= 11 is 0. The van der Waals surface area contributed by atoms with Crippen LogP contribution in [0.25, 0.3) is 0 Å². The van der Waals surface area contributed by atoms with Crippen molar-refractivity contribution in [1.82, 2.24) is 10.2 Å². The van der Waals surface area contributed by atoms with Gasteiger partial charge in [-0.3, -0.25) is 0 Å². The van der Waals surface area contributed by atoms with Gasteiger partial charge in [-0.15, -0.1) is 0 Å². The highest BCUT2D eigenvalue weighted by molar-refractivity contribution is 5.74. The Morgan fingerprint density at radius 1 is 1.11 bits per heavy atom. The maximum absolute atomic E-state index is 12.5. The minimum Gasteiger partial charge on any atom is -0.497 e. The molecule has 3 rings (SSSR count). The van der Waals surface area contributed by atoms with E-state index in [0.29, 0.717) is 25.7 Å². The zero-order valence-corrected chi connectivity index (χ0v) is 16.6. The SMILES string of the molecule is COc1ccc(CCNC(=O)N2CCC[C@@H](COCc3ccccc3)C2)cc1. The molecule has 2 aromatic carbocycles. The van der Waals surface area contributed by atoms with E-state index in [9.17, 15) is 4.79 Å². The molecule has 1 saturated heterocycles. The topological polar surface area (TPSA) is 50.8 Å². The van der Waals surface area contributed by atoms with Crippen molar-refractivity contribution in [3.63, 3.8) is 0 Å². The number of carbonyl (C=O) groups excluding carboxylic acids is 1. The number of methoxy groups -OCH3 is 1. The summed E-state index contributed by atoms with van der Waals surface area (Å²) in [5.41, 5.74) is 2.37. The van der Waals surface area contributed by atoms with E-state index in [4.69, 9.17) is 9.47 Å². The predicted molar refractivity (Wildman–Crippen MR) is 110 cm³/mol.